The molecule has 0 aliphatic carbocycles. The number of nitrogens with zero attached hydrogens (tertiary/aromatic N) is 3. The van der Waals surface area contributed by atoms with Gasteiger partial charge in [0.1, 0.15) is 0 Å². The van der Waals surface area contributed by atoms with Crippen molar-refractivity contribution in [2.45, 2.75) is 19.5 Å². The number of fused-ring (bicyclic) bond motifs is 1. The van der Waals surface area contributed by atoms with Crippen LogP contribution >= 0.6 is 35.6 Å². The second-order valence-electron chi connectivity index (χ2n) is 5.76. The number of guanidine groups is 1. The number of aliphatic imine (C=N–C) groups is 1. The first-order valence-electron chi connectivity index (χ1n) is 8.35. The Kier molecular flexibility index (Phi) is 8.18. The monoisotopic (exact) mass is 483 g/mol. The number of aromatic nitrogens is 2. The van der Waals surface area contributed by atoms with Crippen molar-refractivity contribution in [1.29, 1.82) is 0 Å². The summed E-state index contributed by atoms with van der Waals surface area (Å²) in [7, 11) is 1.77. The van der Waals surface area contributed by atoms with Gasteiger partial charge >= 0.3 is 0 Å². The molecule has 0 bridgehead atoms. The molecule has 2 N–H and O–H groups in total. The molecule has 7 heteroatoms. The van der Waals surface area contributed by atoms with Crippen LogP contribution < -0.4 is 10.6 Å². The third kappa shape index (κ3) is 5.60. The highest BCUT2D eigenvalue weighted by atomic mass is 127. The van der Waals surface area contributed by atoms with E-state index in [-0.39, 0.29) is 24.0 Å². The van der Waals surface area contributed by atoms with E-state index in [2.05, 4.69) is 31.2 Å². The summed E-state index contributed by atoms with van der Waals surface area (Å²) in [5, 5.41) is 7.38. The van der Waals surface area contributed by atoms with Crippen LogP contribution in [0.3, 0.4) is 0 Å². The van der Waals surface area contributed by atoms with Crippen molar-refractivity contribution in [2.24, 2.45) is 4.99 Å². The summed E-state index contributed by atoms with van der Waals surface area (Å²) in [6, 6.07) is 16.0. The largest absolute Gasteiger partial charge is 0.356 e. The van der Waals surface area contributed by atoms with Crippen LogP contribution in [0.15, 0.2) is 59.9 Å². The van der Waals surface area contributed by atoms with E-state index in [4.69, 9.17) is 11.6 Å². The molecule has 0 unspecified atom stereocenters. The molecule has 1 heterocycles. The molecule has 0 amide bonds. The van der Waals surface area contributed by atoms with E-state index in [9.17, 15) is 0 Å². The van der Waals surface area contributed by atoms with Crippen molar-refractivity contribution >= 4 is 52.6 Å². The summed E-state index contributed by atoms with van der Waals surface area (Å²) >= 11 is 6.01. The molecule has 0 saturated heterocycles. The zero-order valence-corrected chi connectivity index (χ0v) is 17.7. The molecule has 3 aromatic rings. The third-order valence-corrected chi connectivity index (χ3v) is 4.20. The van der Waals surface area contributed by atoms with Crippen molar-refractivity contribution in [3.8, 4) is 0 Å². The Balaban J connectivity index is 0.00000243. The highest BCUT2D eigenvalue weighted by Gasteiger charge is 2.02. The first-order valence-corrected chi connectivity index (χ1v) is 8.73. The first-order chi connectivity index (χ1) is 12.3. The van der Waals surface area contributed by atoms with Crippen molar-refractivity contribution in [3.05, 3.63) is 65.4 Å². The van der Waals surface area contributed by atoms with Gasteiger partial charge in [-0.1, -0.05) is 35.9 Å². The lowest BCUT2D eigenvalue weighted by atomic mass is 10.2. The van der Waals surface area contributed by atoms with Gasteiger partial charge in [-0.25, -0.2) is 4.98 Å². The molecule has 0 aliphatic rings. The molecule has 0 atom stereocenters. The fraction of sp³-hybridized carbons (Fsp3) is 0.263. The molecule has 3 rings (SSSR count). The fourth-order valence-corrected chi connectivity index (χ4v) is 2.91. The number of halogens is 2. The minimum Gasteiger partial charge on any atom is -0.356 e. The zero-order chi connectivity index (χ0) is 17.5. The lowest BCUT2D eigenvalue weighted by molar-refractivity contribution is 0.637. The fourth-order valence-electron chi connectivity index (χ4n) is 2.70. The van der Waals surface area contributed by atoms with Crippen molar-refractivity contribution in [2.75, 3.05) is 13.6 Å². The summed E-state index contributed by atoms with van der Waals surface area (Å²) in [5.74, 6) is 0.787. The number of imidazole rings is 1. The van der Waals surface area contributed by atoms with Gasteiger partial charge in [-0.2, -0.15) is 0 Å². The van der Waals surface area contributed by atoms with Gasteiger partial charge in [0.2, 0.25) is 0 Å². The van der Waals surface area contributed by atoms with Gasteiger partial charge in [0.05, 0.1) is 17.4 Å². The standard InChI is InChI=1S/C19H22ClN5.HI/c1-21-19(23-13-15-6-4-7-16(20)12-15)22-10-5-11-25-14-24-17-8-2-3-9-18(17)25;/h2-4,6-9,12,14H,5,10-11,13H2,1H3,(H2,21,22,23);1H. The summed E-state index contributed by atoms with van der Waals surface area (Å²) < 4.78 is 2.18. The molecule has 1 aromatic heterocycles. The van der Waals surface area contributed by atoms with E-state index in [1.54, 1.807) is 7.05 Å². The maximum Gasteiger partial charge on any atom is 0.191 e. The summed E-state index contributed by atoms with van der Waals surface area (Å²) in [5.41, 5.74) is 3.33. The molecule has 138 valence electrons. The van der Waals surface area contributed by atoms with E-state index in [0.29, 0.717) is 6.54 Å². The molecule has 0 aliphatic heterocycles. The van der Waals surface area contributed by atoms with Gasteiger partial charge in [0.25, 0.3) is 0 Å². The minimum atomic E-state index is 0. The van der Waals surface area contributed by atoms with Crippen LogP contribution in [0.25, 0.3) is 11.0 Å². The number of benzene rings is 2. The van der Waals surface area contributed by atoms with Gasteiger partial charge in [-0.3, -0.25) is 4.99 Å². The predicted molar refractivity (Wildman–Crippen MR) is 119 cm³/mol. The van der Waals surface area contributed by atoms with Gasteiger partial charge < -0.3 is 15.2 Å². The van der Waals surface area contributed by atoms with E-state index in [0.717, 1.165) is 41.6 Å². The van der Waals surface area contributed by atoms with E-state index in [1.807, 2.05) is 48.8 Å². The van der Waals surface area contributed by atoms with Crippen LogP contribution in [0, 0.1) is 0 Å². The number of aryl methyl sites for hydroxylation is 1. The average molecular weight is 484 g/mol. The van der Waals surface area contributed by atoms with E-state index < -0.39 is 0 Å². The predicted octanol–water partition coefficient (Wildman–Crippen LogP) is 4.06. The summed E-state index contributed by atoms with van der Waals surface area (Å²) in [6.07, 6.45) is 2.88. The Morgan fingerprint density at radius 2 is 2.00 bits per heavy atom. The quantitative estimate of drug-likeness (QED) is 0.241. The van der Waals surface area contributed by atoms with Crippen molar-refractivity contribution < 1.29 is 0 Å². The van der Waals surface area contributed by atoms with Crippen LogP contribution in [-0.2, 0) is 13.1 Å². The number of rotatable bonds is 6. The Hall–Kier alpha value is -1.80. The molecule has 2 aromatic carbocycles. The molecule has 0 spiro atoms. The molecule has 0 radical (unpaired) electrons. The molecular weight excluding hydrogens is 461 g/mol. The lowest BCUT2D eigenvalue weighted by Gasteiger charge is -2.12. The van der Waals surface area contributed by atoms with Gasteiger partial charge in [-0.15, -0.1) is 24.0 Å². The smallest absolute Gasteiger partial charge is 0.191 e. The van der Waals surface area contributed by atoms with Gasteiger partial charge in [-0.05, 0) is 36.2 Å². The van der Waals surface area contributed by atoms with Crippen LogP contribution in [0.5, 0.6) is 0 Å². The van der Waals surface area contributed by atoms with Gasteiger partial charge in [0.15, 0.2) is 5.96 Å². The lowest BCUT2D eigenvalue weighted by Crippen LogP contribution is -2.37. The molecule has 26 heavy (non-hydrogen) atoms. The first kappa shape index (κ1) is 20.5. The molecule has 0 fully saturated rings. The number of hydrogen-bond donors (Lipinski definition) is 2. The summed E-state index contributed by atoms with van der Waals surface area (Å²) in [6.45, 7) is 2.44. The highest BCUT2D eigenvalue weighted by molar-refractivity contribution is 14.0. The van der Waals surface area contributed by atoms with E-state index in [1.165, 1.54) is 5.52 Å². The Labute approximate surface area is 175 Å². The minimum absolute atomic E-state index is 0. The number of nitrogens with one attached hydrogen (secondary N) is 2. The van der Waals surface area contributed by atoms with Crippen LogP contribution in [0.1, 0.15) is 12.0 Å². The SMILES string of the molecule is CN=C(NCCCn1cnc2ccccc21)NCc1cccc(Cl)c1.I. The Morgan fingerprint density at radius 3 is 2.81 bits per heavy atom. The van der Waals surface area contributed by atoms with Crippen LogP contribution in [0.2, 0.25) is 5.02 Å². The highest BCUT2D eigenvalue weighted by Crippen LogP contribution is 2.12. The molecule has 5 nitrogen and oxygen atoms in total. The second-order valence-corrected chi connectivity index (χ2v) is 6.20. The normalized spacial score (nSPS) is 11.2. The molecular formula is C19H23ClIN5. The van der Waals surface area contributed by atoms with Crippen molar-refractivity contribution in [3.63, 3.8) is 0 Å². The Morgan fingerprint density at radius 1 is 1.15 bits per heavy atom. The maximum absolute atomic E-state index is 6.01. The number of para-hydroxylation sites is 2. The number of hydrogen-bond acceptors (Lipinski definition) is 2. The van der Waals surface area contributed by atoms with Crippen LogP contribution in [-0.4, -0.2) is 29.1 Å². The van der Waals surface area contributed by atoms with Crippen LogP contribution in [0.4, 0.5) is 0 Å². The topological polar surface area (TPSA) is 54.2 Å². The molecule has 0 saturated carbocycles. The zero-order valence-electron chi connectivity index (χ0n) is 14.7. The summed E-state index contributed by atoms with van der Waals surface area (Å²) in [4.78, 5) is 8.67. The third-order valence-electron chi connectivity index (χ3n) is 3.97. The Bertz CT molecular complexity index is 862. The average Bonchev–Trinajstić information content (AvgIpc) is 3.04. The van der Waals surface area contributed by atoms with Crippen molar-refractivity contribution in [1.82, 2.24) is 20.2 Å². The van der Waals surface area contributed by atoms with E-state index >= 15 is 0 Å². The second kappa shape index (κ2) is 10.4. The maximum atomic E-state index is 6.01. The van der Waals surface area contributed by atoms with Gasteiger partial charge in [0, 0.05) is 31.7 Å².